The maximum absolute atomic E-state index is 12.0. The summed E-state index contributed by atoms with van der Waals surface area (Å²) in [5.74, 6) is 0.252. The first-order valence-corrected chi connectivity index (χ1v) is 6.22. The third kappa shape index (κ3) is 4.10. The SMILES string of the molecule is CNCCC1CCCCN1C(=O)CCOC. The maximum atomic E-state index is 12.0. The molecule has 0 aromatic heterocycles. The second kappa shape index (κ2) is 7.63. The summed E-state index contributed by atoms with van der Waals surface area (Å²) in [6.45, 7) is 2.45. The minimum atomic E-state index is 0.252. The van der Waals surface area contributed by atoms with Gasteiger partial charge >= 0.3 is 0 Å². The van der Waals surface area contributed by atoms with E-state index in [1.807, 2.05) is 7.05 Å². The summed E-state index contributed by atoms with van der Waals surface area (Å²) in [6.07, 6.45) is 5.14. The van der Waals surface area contributed by atoms with E-state index in [0.29, 0.717) is 19.1 Å². The fourth-order valence-electron chi connectivity index (χ4n) is 2.27. The standard InChI is InChI=1S/C12H24N2O2/c1-13-8-6-11-5-3-4-9-14(11)12(15)7-10-16-2/h11,13H,3-10H2,1-2H3. The van der Waals surface area contributed by atoms with Crippen LogP contribution in [0.1, 0.15) is 32.1 Å². The van der Waals surface area contributed by atoms with E-state index < -0.39 is 0 Å². The number of ether oxygens (including phenoxy) is 1. The van der Waals surface area contributed by atoms with Gasteiger partial charge in [-0.25, -0.2) is 0 Å². The van der Waals surface area contributed by atoms with Gasteiger partial charge in [0, 0.05) is 19.7 Å². The molecule has 0 aliphatic carbocycles. The molecule has 0 aromatic carbocycles. The Morgan fingerprint density at radius 2 is 2.31 bits per heavy atom. The van der Waals surface area contributed by atoms with Gasteiger partial charge in [-0.1, -0.05) is 0 Å². The first kappa shape index (κ1) is 13.5. The van der Waals surface area contributed by atoms with E-state index in [0.717, 1.165) is 32.4 Å². The van der Waals surface area contributed by atoms with E-state index >= 15 is 0 Å². The molecule has 0 bridgehead atoms. The number of amides is 1. The number of likely N-dealkylation sites (tertiary alicyclic amines) is 1. The third-order valence-electron chi connectivity index (χ3n) is 3.20. The van der Waals surface area contributed by atoms with Crippen LogP contribution in [0.25, 0.3) is 0 Å². The van der Waals surface area contributed by atoms with Crippen LogP contribution in [0.4, 0.5) is 0 Å². The number of nitrogens with zero attached hydrogens (tertiary/aromatic N) is 1. The summed E-state index contributed by atoms with van der Waals surface area (Å²) in [7, 11) is 3.60. The number of methoxy groups -OCH3 is 1. The zero-order valence-electron chi connectivity index (χ0n) is 10.5. The number of carbonyl (C=O) groups excluding carboxylic acids is 1. The Balaban J connectivity index is 2.42. The van der Waals surface area contributed by atoms with E-state index in [9.17, 15) is 4.79 Å². The Kier molecular flexibility index (Phi) is 6.42. The molecule has 1 fully saturated rings. The maximum Gasteiger partial charge on any atom is 0.225 e. The lowest BCUT2D eigenvalue weighted by molar-refractivity contribution is -0.135. The van der Waals surface area contributed by atoms with Crippen LogP contribution in [0.3, 0.4) is 0 Å². The average molecular weight is 228 g/mol. The minimum absolute atomic E-state index is 0.252. The molecule has 1 amide bonds. The lowest BCUT2D eigenvalue weighted by Crippen LogP contribution is -2.45. The molecule has 0 radical (unpaired) electrons. The van der Waals surface area contributed by atoms with Crippen molar-refractivity contribution in [3.63, 3.8) is 0 Å². The molecule has 0 spiro atoms. The van der Waals surface area contributed by atoms with E-state index in [1.165, 1.54) is 6.42 Å². The second-order valence-corrected chi connectivity index (χ2v) is 4.37. The van der Waals surface area contributed by atoms with Crippen LogP contribution in [0.15, 0.2) is 0 Å². The summed E-state index contributed by atoms with van der Waals surface area (Å²) in [6, 6.07) is 0.436. The van der Waals surface area contributed by atoms with Crippen LogP contribution in [0.2, 0.25) is 0 Å². The number of hydrogen-bond acceptors (Lipinski definition) is 3. The molecular formula is C12H24N2O2. The summed E-state index contributed by atoms with van der Waals surface area (Å²) in [5, 5.41) is 3.15. The van der Waals surface area contributed by atoms with Gasteiger partial charge in [-0.3, -0.25) is 4.79 Å². The smallest absolute Gasteiger partial charge is 0.225 e. The number of piperidine rings is 1. The predicted octanol–water partition coefficient (Wildman–Crippen LogP) is 1.01. The highest BCUT2D eigenvalue weighted by Crippen LogP contribution is 2.20. The van der Waals surface area contributed by atoms with Crippen molar-refractivity contribution in [1.29, 1.82) is 0 Å². The first-order chi connectivity index (χ1) is 7.79. The molecule has 94 valence electrons. The summed E-state index contributed by atoms with van der Waals surface area (Å²) in [4.78, 5) is 14.0. The van der Waals surface area contributed by atoms with Gasteiger partial charge in [-0.2, -0.15) is 0 Å². The van der Waals surface area contributed by atoms with Gasteiger partial charge in [0.05, 0.1) is 13.0 Å². The number of nitrogens with one attached hydrogen (secondary N) is 1. The van der Waals surface area contributed by atoms with Crippen LogP contribution in [0, 0.1) is 0 Å². The molecule has 1 atom stereocenters. The largest absolute Gasteiger partial charge is 0.384 e. The van der Waals surface area contributed by atoms with Gasteiger partial charge in [0.25, 0.3) is 0 Å². The zero-order chi connectivity index (χ0) is 11.8. The average Bonchev–Trinajstić information content (AvgIpc) is 2.33. The molecule has 1 aliphatic heterocycles. The lowest BCUT2D eigenvalue weighted by Gasteiger charge is -2.36. The Labute approximate surface area is 98.3 Å². The molecule has 0 saturated carbocycles. The van der Waals surface area contributed by atoms with Gasteiger partial charge in [-0.15, -0.1) is 0 Å². The fraction of sp³-hybridized carbons (Fsp3) is 0.917. The van der Waals surface area contributed by atoms with Crippen molar-refractivity contribution in [3.8, 4) is 0 Å². The quantitative estimate of drug-likeness (QED) is 0.738. The van der Waals surface area contributed by atoms with E-state index in [1.54, 1.807) is 7.11 Å². The molecule has 16 heavy (non-hydrogen) atoms. The van der Waals surface area contributed by atoms with Gasteiger partial charge < -0.3 is 15.0 Å². The van der Waals surface area contributed by atoms with Crippen molar-refractivity contribution < 1.29 is 9.53 Å². The van der Waals surface area contributed by atoms with Crippen LogP contribution in [-0.2, 0) is 9.53 Å². The zero-order valence-corrected chi connectivity index (χ0v) is 10.5. The van der Waals surface area contributed by atoms with E-state index in [-0.39, 0.29) is 5.91 Å². The van der Waals surface area contributed by atoms with Crippen LogP contribution in [-0.4, -0.2) is 50.7 Å². The Bertz CT molecular complexity index is 209. The normalized spacial score (nSPS) is 21.1. The minimum Gasteiger partial charge on any atom is -0.384 e. The molecular weight excluding hydrogens is 204 g/mol. The topological polar surface area (TPSA) is 41.6 Å². The Hall–Kier alpha value is -0.610. The summed E-state index contributed by atoms with van der Waals surface area (Å²) < 4.78 is 4.96. The van der Waals surface area contributed by atoms with Gasteiger partial charge in [0.2, 0.25) is 5.91 Å². The predicted molar refractivity (Wildman–Crippen MR) is 64.4 cm³/mol. The molecule has 4 nitrogen and oxygen atoms in total. The highest BCUT2D eigenvalue weighted by Gasteiger charge is 2.25. The third-order valence-corrected chi connectivity index (χ3v) is 3.20. The molecule has 1 rings (SSSR count). The highest BCUT2D eigenvalue weighted by molar-refractivity contribution is 5.76. The van der Waals surface area contributed by atoms with Crippen LogP contribution in [0.5, 0.6) is 0 Å². The molecule has 1 N–H and O–H groups in total. The monoisotopic (exact) mass is 228 g/mol. The van der Waals surface area contributed by atoms with E-state index in [2.05, 4.69) is 10.2 Å². The van der Waals surface area contributed by atoms with Gasteiger partial charge in [0.1, 0.15) is 0 Å². The Morgan fingerprint density at radius 1 is 1.50 bits per heavy atom. The molecule has 1 aliphatic rings. The molecule has 1 saturated heterocycles. The van der Waals surface area contributed by atoms with Crippen molar-refractivity contribution in [2.45, 2.75) is 38.1 Å². The van der Waals surface area contributed by atoms with Crippen molar-refractivity contribution in [2.24, 2.45) is 0 Å². The van der Waals surface area contributed by atoms with Crippen molar-refractivity contribution in [2.75, 3.05) is 33.9 Å². The number of hydrogen-bond donors (Lipinski definition) is 1. The molecule has 1 heterocycles. The van der Waals surface area contributed by atoms with Crippen molar-refractivity contribution >= 4 is 5.91 Å². The van der Waals surface area contributed by atoms with Crippen LogP contribution < -0.4 is 5.32 Å². The van der Waals surface area contributed by atoms with Gasteiger partial charge in [0.15, 0.2) is 0 Å². The van der Waals surface area contributed by atoms with Crippen LogP contribution >= 0.6 is 0 Å². The second-order valence-electron chi connectivity index (χ2n) is 4.37. The number of carbonyl (C=O) groups is 1. The molecule has 0 aromatic rings. The highest BCUT2D eigenvalue weighted by atomic mass is 16.5. The lowest BCUT2D eigenvalue weighted by atomic mass is 9.99. The van der Waals surface area contributed by atoms with Crippen molar-refractivity contribution in [1.82, 2.24) is 10.2 Å². The Morgan fingerprint density at radius 3 is 3.00 bits per heavy atom. The molecule has 1 unspecified atom stereocenters. The summed E-state index contributed by atoms with van der Waals surface area (Å²) in [5.41, 5.74) is 0. The van der Waals surface area contributed by atoms with Gasteiger partial charge in [-0.05, 0) is 39.3 Å². The first-order valence-electron chi connectivity index (χ1n) is 6.22. The van der Waals surface area contributed by atoms with E-state index in [4.69, 9.17) is 4.74 Å². The fourth-order valence-corrected chi connectivity index (χ4v) is 2.27. The van der Waals surface area contributed by atoms with Crippen molar-refractivity contribution in [3.05, 3.63) is 0 Å². The number of rotatable bonds is 6. The summed E-state index contributed by atoms with van der Waals surface area (Å²) >= 11 is 0. The molecule has 4 heteroatoms.